The molecule has 0 aliphatic carbocycles. The Morgan fingerprint density at radius 3 is 1.50 bits per heavy atom. The molecule has 0 aromatic heterocycles. The van der Waals surface area contributed by atoms with E-state index in [0.29, 0.717) is 0 Å². The van der Waals surface area contributed by atoms with Crippen LogP contribution < -0.4 is 0 Å². The van der Waals surface area contributed by atoms with Crippen molar-refractivity contribution >= 4 is 25.4 Å². The fourth-order valence-electron chi connectivity index (χ4n) is 2.22. The van der Waals surface area contributed by atoms with Crippen molar-refractivity contribution < 1.29 is 20.0 Å². The first-order valence-electron chi connectivity index (χ1n) is 7.40. The monoisotopic (exact) mass is 320 g/mol. The van der Waals surface area contributed by atoms with Crippen molar-refractivity contribution in [2.24, 2.45) is 0 Å². The zero-order valence-corrected chi connectivity index (χ0v) is 14.6. The molecule has 4 aromatic rings. The Balaban J connectivity index is 0.000000163. The van der Waals surface area contributed by atoms with Gasteiger partial charge in [-0.15, -0.1) is 39.7 Å². The molecule has 0 heterocycles. The molecule has 0 N–H and O–H groups in total. The summed E-state index contributed by atoms with van der Waals surface area (Å²) in [6.45, 7) is 4.17. The SMILES string of the molecule is C[C](C)=[Ti+2].c1cc[cH-]c1.c1ccc2c(c1)[cH-]c1ccccc12. The summed E-state index contributed by atoms with van der Waals surface area (Å²) >= 11 is 2.08. The zero-order chi connectivity index (χ0) is 15.8. The first kappa shape index (κ1) is 16.6. The summed E-state index contributed by atoms with van der Waals surface area (Å²) in [6, 6.07) is 29.3. The molecule has 108 valence electrons. The van der Waals surface area contributed by atoms with Gasteiger partial charge in [-0.3, -0.25) is 0 Å². The molecule has 0 unspecified atom stereocenters. The Hall–Kier alpha value is -1.76. The van der Waals surface area contributed by atoms with E-state index in [1.54, 1.807) is 0 Å². The molecule has 0 fully saturated rings. The molecule has 0 saturated carbocycles. The van der Waals surface area contributed by atoms with Crippen LogP contribution in [0.3, 0.4) is 0 Å². The van der Waals surface area contributed by atoms with E-state index in [0.717, 1.165) is 0 Å². The maximum atomic E-state index is 2.24. The molecule has 4 rings (SSSR count). The minimum Gasteiger partial charge on any atom is -0.214 e. The Morgan fingerprint density at radius 2 is 1.14 bits per heavy atom. The van der Waals surface area contributed by atoms with Crippen molar-refractivity contribution in [3.63, 3.8) is 0 Å². The second kappa shape index (κ2) is 8.63. The molecular weight excluding hydrogens is 300 g/mol. The third kappa shape index (κ3) is 4.91. The molecule has 0 atom stereocenters. The van der Waals surface area contributed by atoms with Gasteiger partial charge in [0.15, 0.2) is 0 Å². The van der Waals surface area contributed by atoms with E-state index in [2.05, 4.69) is 88.4 Å². The van der Waals surface area contributed by atoms with E-state index in [1.165, 1.54) is 25.4 Å². The number of hydrogen-bond acceptors (Lipinski definition) is 0. The second-order valence-corrected chi connectivity index (χ2v) is 6.84. The molecule has 0 spiro atoms. The largest absolute Gasteiger partial charge is 0.214 e. The summed E-state index contributed by atoms with van der Waals surface area (Å²) in [6.07, 6.45) is 0. The molecule has 0 bridgehead atoms. The summed E-state index contributed by atoms with van der Waals surface area (Å²) in [7, 11) is 0. The van der Waals surface area contributed by atoms with Gasteiger partial charge in [0.05, 0.1) is 0 Å². The quantitative estimate of drug-likeness (QED) is 0.281. The molecule has 0 nitrogen and oxygen atoms in total. The normalized spacial score (nSPS) is 9.64. The number of benzene rings is 2. The van der Waals surface area contributed by atoms with E-state index in [-0.39, 0.29) is 0 Å². The maximum Gasteiger partial charge on any atom is -0.0771 e. The van der Waals surface area contributed by atoms with Crippen LogP contribution in [0.25, 0.3) is 21.5 Å². The van der Waals surface area contributed by atoms with Crippen LogP contribution >= 0.6 is 0 Å². The van der Waals surface area contributed by atoms with Gasteiger partial charge in [-0.1, -0.05) is 36.4 Å². The topological polar surface area (TPSA) is 0 Å². The Kier molecular flexibility index (Phi) is 6.52. The minimum absolute atomic E-state index is 1.34. The number of rotatable bonds is 0. The van der Waals surface area contributed by atoms with Gasteiger partial charge in [-0.25, -0.2) is 12.1 Å². The average Bonchev–Trinajstić information content (AvgIpc) is 3.18. The second-order valence-electron chi connectivity index (χ2n) is 5.28. The van der Waals surface area contributed by atoms with Gasteiger partial charge in [-0.2, -0.15) is 18.2 Å². The summed E-state index contributed by atoms with van der Waals surface area (Å²) in [5.41, 5.74) is 0. The molecule has 0 saturated heterocycles. The van der Waals surface area contributed by atoms with Crippen LogP contribution in [0.15, 0.2) is 84.9 Å². The smallest absolute Gasteiger partial charge is 0.0771 e. The first-order chi connectivity index (χ1) is 10.7. The van der Waals surface area contributed by atoms with Gasteiger partial charge >= 0.3 is 37.6 Å². The van der Waals surface area contributed by atoms with Crippen molar-refractivity contribution in [3.05, 3.63) is 84.9 Å². The van der Waals surface area contributed by atoms with E-state index in [1.807, 2.05) is 30.3 Å². The molecule has 0 amide bonds. The zero-order valence-electron chi connectivity index (χ0n) is 13.1. The van der Waals surface area contributed by atoms with Crippen LogP contribution in [-0.2, 0) is 20.0 Å². The molecule has 0 aliphatic heterocycles. The summed E-state index contributed by atoms with van der Waals surface area (Å²) < 4.78 is 1.42. The predicted molar refractivity (Wildman–Crippen MR) is 95.4 cm³/mol. The van der Waals surface area contributed by atoms with Crippen LogP contribution in [-0.4, -0.2) is 3.81 Å². The maximum absolute atomic E-state index is 2.24. The van der Waals surface area contributed by atoms with Crippen molar-refractivity contribution in [1.29, 1.82) is 0 Å². The fraction of sp³-hybridized carbons (Fsp3) is 0.0952. The summed E-state index contributed by atoms with van der Waals surface area (Å²) in [4.78, 5) is 0. The molecule has 1 heteroatoms. The van der Waals surface area contributed by atoms with Crippen LogP contribution in [0.5, 0.6) is 0 Å². The van der Waals surface area contributed by atoms with Crippen LogP contribution in [0.2, 0.25) is 0 Å². The van der Waals surface area contributed by atoms with Gasteiger partial charge in [0.1, 0.15) is 0 Å². The van der Waals surface area contributed by atoms with Crippen LogP contribution in [0, 0.1) is 0 Å². The molecular formula is C21H20Ti. The van der Waals surface area contributed by atoms with Crippen LogP contribution in [0.4, 0.5) is 0 Å². The van der Waals surface area contributed by atoms with E-state index >= 15 is 0 Å². The predicted octanol–water partition coefficient (Wildman–Crippen LogP) is 5.86. The molecule has 0 aliphatic rings. The molecule has 22 heavy (non-hydrogen) atoms. The van der Waals surface area contributed by atoms with Gasteiger partial charge in [0.2, 0.25) is 0 Å². The van der Waals surface area contributed by atoms with Gasteiger partial charge < -0.3 is 0 Å². The number of fused-ring (bicyclic) bond motifs is 3. The van der Waals surface area contributed by atoms with Gasteiger partial charge in [-0.05, 0) is 0 Å². The Labute approximate surface area is 144 Å². The average molecular weight is 320 g/mol. The Bertz CT molecular complexity index is 748. The fourth-order valence-corrected chi connectivity index (χ4v) is 2.22. The van der Waals surface area contributed by atoms with E-state index in [9.17, 15) is 0 Å². The molecule has 4 aromatic carbocycles. The Morgan fingerprint density at radius 1 is 0.727 bits per heavy atom. The minimum atomic E-state index is 1.34. The van der Waals surface area contributed by atoms with Gasteiger partial charge in [0, 0.05) is 0 Å². The number of hydrogen-bond donors (Lipinski definition) is 0. The summed E-state index contributed by atoms with van der Waals surface area (Å²) in [5.74, 6) is 0. The molecule has 0 radical (unpaired) electrons. The third-order valence-corrected chi connectivity index (χ3v) is 3.08. The van der Waals surface area contributed by atoms with Gasteiger partial charge in [0.25, 0.3) is 0 Å². The first-order valence-corrected chi connectivity index (χ1v) is 8.18. The van der Waals surface area contributed by atoms with E-state index in [4.69, 9.17) is 0 Å². The summed E-state index contributed by atoms with van der Waals surface area (Å²) in [5, 5.41) is 5.39. The third-order valence-electron chi connectivity index (χ3n) is 3.08. The standard InChI is InChI=1S/C13H9.C5H5.C3H6.Ti/c1-3-7-12-10(5-1)9-11-6-2-4-8-13(11)12;1-2-4-5-3-1;1-3-2;/h1-9H;1-5H;1-2H3;/q2*-1;;+2. The van der Waals surface area contributed by atoms with Crippen molar-refractivity contribution in [3.8, 4) is 0 Å². The van der Waals surface area contributed by atoms with Crippen molar-refractivity contribution in [2.45, 2.75) is 13.8 Å². The van der Waals surface area contributed by atoms with Crippen molar-refractivity contribution in [2.75, 3.05) is 0 Å². The van der Waals surface area contributed by atoms with E-state index < -0.39 is 0 Å². The van der Waals surface area contributed by atoms with Crippen molar-refractivity contribution in [1.82, 2.24) is 0 Å². The van der Waals surface area contributed by atoms with Crippen LogP contribution in [0.1, 0.15) is 13.8 Å².